The maximum absolute atomic E-state index is 12.1. The largest absolute Gasteiger partial charge is 0.504 e. The number of hydrogen-bond donors (Lipinski definition) is 3. The molecule has 27 heavy (non-hydrogen) atoms. The topological polar surface area (TPSA) is 90.2 Å². The van der Waals surface area contributed by atoms with E-state index in [1.165, 1.54) is 12.8 Å². The van der Waals surface area contributed by atoms with Crippen LogP contribution in [0.5, 0.6) is 11.5 Å². The van der Waals surface area contributed by atoms with E-state index in [1.54, 1.807) is 6.07 Å². The van der Waals surface area contributed by atoms with Gasteiger partial charge in [0, 0.05) is 18.2 Å². The number of piperidine rings is 1. The van der Waals surface area contributed by atoms with Crippen molar-refractivity contribution >= 4 is 5.97 Å². The van der Waals surface area contributed by atoms with Gasteiger partial charge in [0.05, 0.1) is 16.9 Å². The average Bonchev–Trinajstić information content (AvgIpc) is 3.36. The van der Waals surface area contributed by atoms with Crippen molar-refractivity contribution in [2.45, 2.75) is 61.7 Å². The first kappa shape index (κ1) is 16.2. The third-order valence-electron chi connectivity index (χ3n) is 8.08. The van der Waals surface area contributed by atoms with Crippen molar-refractivity contribution in [2.24, 2.45) is 11.8 Å². The molecule has 3 fully saturated rings. The van der Waals surface area contributed by atoms with E-state index in [0.717, 1.165) is 36.6 Å². The first-order chi connectivity index (χ1) is 13.0. The molecule has 6 nitrogen and oxygen atoms in total. The highest BCUT2D eigenvalue weighted by molar-refractivity contribution is 5.74. The van der Waals surface area contributed by atoms with E-state index in [2.05, 4.69) is 4.90 Å². The number of ether oxygens (including phenoxy) is 1. The summed E-state index contributed by atoms with van der Waals surface area (Å²) < 4.78 is 6.17. The number of aliphatic hydroxyl groups is 1. The predicted octanol–water partition coefficient (Wildman–Crippen LogP) is 1.66. The maximum Gasteiger partial charge on any atom is 0.310 e. The Hall–Kier alpha value is -1.79. The molecular weight excluding hydrogens is 346 g/mol. The highest BCUT2D eigenvalue weighted by Crippen LogP contribution is 2.66. The van der Waals surface area contributed by atoms with Crippen LogP contribution in [0.4, 0.5) is 0 Å². The van der Waals surface area contributed by atoms with Gasteiger partial charge in [0.2, 0.25) is 0 Å². The molecule has 0 aromatic heterocycles. The summed E-state index contributed by atoms with van der Waals surface area (Å²) in [7, 11) is 0. The van der Waals surface area contributed by atoms with Crippen LogP contribution < -0.4 is 4.74 Å². The predicted molar refractivity (Wildman–Crippen MR) is 95.9 cm³/mol. The summed E-state index contributed by atoms with van der Waals surface area (Å²) in [4.78, 5) is 14.4. The maximum atomic E-state index is 12.1. The molecule has 6 heteroatoms. The number of rotatable bonds is 3. The molecule has 1 saturated heterocycles. The molecule has 1 spiro atoms. The number of likely N-dealkylation sites (tertiary alicyclic amines) is 1. The Labute approximate surface area is 157 Å². The lowest BCUT2D eigenvalue weighted by Crippen LogP contribution is -2.76. The highest BCUT2D eigenvalue weighted by atomic mass is 16.5. The molecule has 1 aromatic carbocycles. The molecule has 2 aliphatic heterocycles. The van der Waals surface area contributed by atoms with E-state index >= 15 is 0 Å². The van der Waals surface area contributed by atoms with Crippen molar-refractivity contribution in [1.29, 1.82) is 0 Å². The molecule has 0 radical (unpaired) electrons. The van der Waals surface area contributed by atoms with Crippen LogP contribution in [0, 0.1) is 11.8 Å². The summed E-state index contributed by atoms with van der Waals surface area (Å²) >= 11 is 0. The molecule has 6 rings (SSSR count). The molecule has 2 heterocycles. The van der Waals surface area contributed by atoms with E-state index in [9.17, 15) is 20.1 Å². The van der Waals surface area contributed by atoms with Crippen molar-refractivity contribution in [3.63, 3.8) is 0 Å². The normalized spacial score (nSPS) is 41.7. The number of carboxylic acids is 1. The minimum Gasteiger partial charge on any atom is -0.504 e. The highest BCUT2D eigenvalue weighted by Gasteiger charge is 2.73. The monoisotopic (exact) mass is 371 g/mol. The number of hydrogen-bond acceptors (Lipinski definition) is 5. The van der Waals surface area contributed by atoms with Gasteiger partial charge in [-0.05, 0) is 62.6 Å². The Balaban J connectivity index is 1.56. The summed E-state index contributed by atoms with van der Waals surface area (Å²) in [6.45, 7) is 1.88. The van der Waals surface area contributed by atoms with Gasteiger partial charge < -0.3 is 20.1 Å². The number of nitrogens with zero attached hydrogens (tertiary/aromatic N) is 1. The molecule has 2 saturated carbocycles. The van der Waals surface area contributed by atoms with Crippen LogP contribution in [0.3, 0.4) is 0 Å². The number of carbonyl (C=O) groups is 1. The van der Waals surface area contributed by atoms with Crippen LogP contribution in [0.15, 0.2) is 12.1 Å². The summed E-state index contributed by atoms with van der Waals surface area (Å²) in [5, 5.41) is 32.4. The minimum atomic E-state index is -0.997. The Morgan fingerprint density at radius 2 is 2.07 bits per heavy atom. The van der Waals surface area contributed by atoms with Gasteiger partial charge in [-0.1, -0.05) is 6.07 Å². The van der Waals surface area contributed by atoms with Gasteiger partial charge in [0.15, 0.2) is 11.5 Å². The van der Waals surface area contributed by atoms with Gasteiger partial charge >= 0.3 is 5.97 Å². The second kappa shape index (κ2) is 4.97. The lowest BCUT2D eigenvalue weighted by atomic mass is 9.47. The molecule has 5 atom stereocenters. The number of phenols is 1. The Bertz CT molecular complexity index is 851. The number of aliphatic carboxylic acids is 1. The fraction of sp³-hybridized carbons (Fsp3) is 0.667. The van der Waals surface area contributed by atoms with Crippen molar-refractivity contribution in [3.8, 4) is 11.5 Å². The van der Waals surface area contributed by atoms with Gasteiger partial charge in [-0.2, -0.15) is 0 Å². The summed E-state index contributed by atoms with van der Waals surface area (Å²) in [6, 6.07) is 3.60. The first-order valence-electron chi connectivity index (χ1n) is 10.2. The second-order valence-electron chi connectivity index (χ2n) is 9.27. The summed E-state index contributed by atoms with van der Waals surface area (Å²) in [5.41, 5.74) is 0.276. The van der Waals surface area contributed by atoms with Crippen LogP contribution in [0.1, 0.15) is 43.2 Å². The van der Waals surface area contributed by atoms with Gasteiger partial charge in [0.1, 0.15) is 6.10 Å². The third kappa shape index (κ3) is 1.81. The third-order valence-corrected chi connectivity index (χ3v) is 8.08. The zero-order valence-corrected chi connectivity index (χ0v) is 15.2. The average molecular weight is 371 g/mol. The van der Waals surface area contributed by atoms with Crippen molar-refractivity contribution < 1.29 is 24.9 Å². The van der Waals surface area contributed by atoms with Crippen LogP contribution >= 0.6 is 0 Å². The van der Waals surface area contributed by atoms with Crippen molar-refractivity contribution in [1.82, 2.24) is 4.90 Å². The Morgan fingerprint density at radius 3 is 2.81 bits per heavy atom. The lowest BCUT2D eigenvalue weighted by molar-refractivity contribution is -0.202. The molecule has 2 bridgehead atoms. The first-order valence-corrected chi connectivity index (χ1v) is 10.2. The van der Waals surface area contributed by atoms with Gasteiger partial charge in [0.25, 0.3) is 0 Å². The summed E-state index contributed by atoms with van der Waals surface area (Å²) in [6.07, 6.45) is 4.25. The molecule has 3 N–H and O–H groups in total. The smallest absolute Gasteiger partial charge is 0.310 e. The second-order valence-corrected chi connectivity index (χ2v) is 9.27. The standard InChI is InChI=1S/C21H25NO5/c23-14-4-3-12-9-15-21(26)6-5-13(19(24)25)18-20(21,16(12)17(14)27-18)7-8-22(15)10-11-1-2-11/h3-4,11,13,15,18,23,26H,1-2,5-10H2,(H,24,25)/t13?,15-,18+,20+,21-/m1/s1. The SMILES string of the molecule is O=C(O)C1CC[C@@]2(O)[C@H]3Cc4ccc(O)c5c4[C@@]2(CCN3CC2CC2)[C@H]1O5. The zero-order valence-electron chi connectivity index (χ0n) is 15.2. The van der Waals surface area contributed by atoms with E-state index in [0.29, 0.717) is 25.0 Å². The number of aromatic hydroxyl groups is 1. The van der Waals surface area contributed by atoms with Crippen LogP contribution in [-0.2, 0) is 16.6 Å². The zero-order chi connectivity index (χ0) is 18.6. The van der Waals surface area contributed by atoms with Gasteiger partial charge in [-0.25, -0.2) is 0 Å². The molecular formula is C21H25NO5. The van der Waals surface area contributed by atoms with Crippen LogP contribution in [-0.4, -0.2) is 57.0 Å². The molecule has 0 amide bonds. The molecule has 3 aliphatic carbocycles. The van der Waals surface area contributed by atoms with Crippen molar-refractivity contribution in [3.05, 3.63) is 23.3 Å². The minimum absolute atomic E-state index is 0.00399. The van der Waals surface area contributed by atoms with E-state index < -0.39 is 29.0 Å². The van der Waals surface area contributed by atoms with Crippen molar-refractivity contribution in [2.75, 3.05) is 13.1 Å². The molecule has 144 valence electrons. The molecule has 1 unspecified atom stereocenters. The Kier molecular flexibility index (Phi) is 2.98. The van der Waals surface area contributed by atoms with Gasteiger partial charge in [-0.15, -0.1) is 0 Å². The molecule has 1 aromatic rings. The van der Waals surface area contributed by atoms with Gasteiger partial charge in [-0.3, -0.25) is 9.69 Å². The fourth-order valence-corrected chi connectivity index (χ4v) is 6.73. The summed E-state index contributed by atoms with van der Waals surface area (Å²) in [5.74, 6) is -0.307. The van der Waals surface area contributed by atoms with E-state index in [-0.39, 0.29) is 11.8 Å². The molecule has 5 aliphatic rings. The number of phenolic OH excluding ortho intramolecular Hbond substituents is 1. The van der Waals surface area contributed by atoms with Crippen LogP contribution in [0.25, 0.3) is 0 Å². The Morgan fingerprint density at radius 1 is 1.26 bits per heavy atom. The number of benzene rings is 1. The van der Waals surface area contributed by atoms with E-state index in [1.807, 2.05) is 6.07 Å². The lowest BCUT2D eigenvalue weighted by Gasteiger charge is -2.63. The van der Waals surface area contributed by atoms with Crippen LogP contribution in [0.2, 0.25) is 0 Å². The number of carboxylic acid groups (broad SMARTS) is 1. The van der Waals surface area contributed by atoms with E-state index in [4.69, 9.17) is 4.74 Å². The fourth-order valence-electron chi connectivity index (χ4n) is 6.73. The quantitative estimate of drug-likeness (QED) is 0.749.